The number of hydrogen-bond acceptors (Lipinski definition) is 3. The molecule has 0 aromatic carbocycles. The van der Waals surface area contributed by atoms with Gasteiger partial charge in [-0.15, -0.1) is 0 Å². The Bertz CT molecular complexity index is 247. The maximum Gasteiger partial charge on any atom is 0.225 e. The van der Waals surface area contributed by atoms with Crippen LogP contribution in [0.5, 0.6) is 0 Å². The first-order valence-corrected chi connectivity index (χ1v) is 5.56. The molecule has 1 aliphatic heterocycles. The molecule has 0 aliphatic carbocycles. The normalized spacial score (nSPS) is 20.3. The van der Waals surface area contributed by atoms with Gasteiger partial charge in [-0.3, -0.25) is 4.79 Å². The molecule has 4 nitrogen and oxygen atoms in total. The third kappa shape index (κ3) is 3.52. The lowest BCUT2D eigenvalue weighted by atomic mass is 10.2. The van der Waals surface area contributed by atoms with Gasteiger partial charge in [-0.1, -0.05) is 6.92 Å². The minimum Gasteiger partial charge on any atom is -0.381 e. The van der Waals surface area contributed by atoms with Gasteiger partial charge >= 0.3 is 0 Å². The molecule has 0 radical (unpaired) electrons. The van der Waals surface area contributed by atoms with Gasteiger partial charge in [0.25, 0.3) is 0 Å². The van der Waals surface area contributed by atoms with Gasteiger partial charge in [0, 0.05) is 13.2 Å². The zero-order chi connectivity index (χ0) is 11.1. The molecule has 1 unspecified atom stereocenters. The van der Waals surface area contributed by atoms with E-state index < -0.39 is 0 Å². The fourth-order valence-corrected chi connectivity index (χ4v) is 1.75. The van der Waals surface area contributed by atoms with E-state index in [4.69, 9.17) is 10.00 Å². The van der Waals surface area contributed by atoms with Gasteiger partial charge in [0.15, 0.2) is 0 Å². The Balaban J connectivity index is 2.25. The van der Waals surface area contributed by atoms with Crippen molar-refractivity contribution < 1.29 is 9.53 Å². The van der Waals surface area contributed by atoms with Gasteiger partial charge in [-0.05, 0) is 19.3 Å². The van der Waals surface area contributed by atoms with Crippen molar-refractivity contribution in [2.24, 2.45) is 0 Å². The van der Waals surface area contributed by atoms with Gasteiger partial charge in [-0.2, -0.15) is 5.26 Å². The summed E-state index contributed by atoms with van der Waals surface area (Å²) in [6.45, 7) is 3.94. The average molecular weight is 210 g/mol. The molecule has 1 atom stereocenters. The standard InChI is InChI=1S/C11H18N2O2/c1-2-7-15-8-5-11(14)13-6-3-4-10(13)9-12/h10H,2-8H2,1H3. The number of nitrogens with zero attached hydrogens (tertiary/aromatic N) is 2. The minimum atomic E-state index is -0.205. The van der Waals surface area contributed by atoms with Gasteiger partial charge < -0.3 is 9.64 Å². The second-order valence-electron chi connectivity index (χ2n) is 3.74. The quantitative estimate of drug-likeness (QED) is 0.643. The first-order valence-electron chi connectivity index (χ1n) is 5.56. The van der Waals surface area contributed by atoms with Crippen LogP contribution in [0.15, 0.2) is 0 Å². The van der Waals surface area contributed by atoms with Crippen molar-refractivity contribution in [2.45, 2.75) is 38.6 Å². The fraction of sp³-hybridized carbons (Fsp3) is 0.818. The van der Waals surface area contributed by atoms with Crippen molar-refractivity contribution in [3.05, 3.63) is 0 Å². The number of carbonyl (C=O) groups is 1. The largest absolute Gasteiger partial charge is 0.381 e. The summed E-state index contributed by atoms with van der Waals surface area (Å²) in [6.07, 6.45) is 3.13. The molecule has 1 rings (SSSR count). The molecule has 4 heteroatoms. The lowest BCUT2D eigenvalue weighted by molar-refractivity contribution is -0.132. The lowest BCUT2D eigenvalue weighted by Gasteiger charge is -2.19. The van der Waals surface area contributed by atoms with Crippen molar-refractivity contribution in [2.75, 3.05) is 19.8 Å². The van der Waals surface area contributed by atoms with Crippen LogP contribution in [0.3, 0.4) is 0 Å². The monoisotopic (exact) mass is 210 g/mol. The van der Waals surface area contributed by atoms with Crippen molar-refractivity contribution in [3.8, 4) is 6.07 Å². The second-order valence-corrected chi connectivity index (χ2v) is 3.74. The van der Waals surface area contributed by atoms with E-state index in [0.717, 1.165) is 25.8 Å². The highest BCUT2D eigenvalue weighted by Crippen LogP contribution is 2.17. The van der Waals surface area contributed by atoms with E-state index in [9.17, 15) is 4.79 Å². The number of likely N-dealkylation sites (tertiary alicyclic amines) is 1. The SMILES string of the molecule is CCCOCCC(=O)N1CCCC1C#N. The predicted molar refractivity (Wildman–Crippen MR) is 56.1 cm³/mol. The van der Waals surface area contributed by atoms with Crippen LogP contribution < -0.4 is 0 Å². The Labute approximate surface area is 90.8 Å². The number of amides is 1. The number of hydrogen-bond donors (Lipinski definition) is 0. The highest BCUT2D eigenvalue weighted by Gasteiger charge is 2.27. The topological polar surface area (TPSA) is 53.3 Å². The van der Waals surface area contributed by atoms with Crippen LogP contribution in [0.25, 0.3) is 0 Å². The molecule has 84 valence electrons. The highest BCUT2D eigenvalue weighted by molar-refractivity contribution is 5.77. The third-order valence-corrected chi connectivity index (χ3v) is 2.53. The fourth-order valence-electron chi connectivity index (χ4n) is 1.75. The molecule has 1 saturated heterocycles. The second kappa shape index (κ2) is 6.41. The van der Waals surface area contributed by atoms with Crippen LogP contribution in [0.4, 0.5) is 0 Å². The predicted octanol–water partition coefficient (Wildman–Crippen LogP) is 1.32. The van der Waals surface area contributed by atoms with E-state index in [1.165, 1.54) is 0 Å². The van der Waals surface area contributed by atoms with Gasteiger partial charge in [0.05, 0.1) is 19.1 Å². The van der Waals surface area contributed by atoms with E-state index in [1.807, 2.05) is 6.92 Å². The molecule has 15 heavy (non-hydrogen) atoms. The van der Waals surface area contributed by atoms with E-state index in [2.05, 4.69) is 6.07 Å². The van der Waals surface area contributed by atoms with E-state index in [0.29, 0.717) is 19.6 Å². The molecular weight excluding hydrogens is 192 g/mol. The van der Waals surface area contributed by atoms with E-state index in [-0.39, 0.29) is 11.9 Å². The van der Waals surface area contributed by atoms with Gasteiger partial charge in [-0.25, -0.2) is 0 Å². The molecule has 1 aliphatic rings. The summed E-state index contributed by atoms with van der Waals surface area (Å²) in [5, 5.41) is 8.82. The molecule has 0 bridgehead atoms. The van der Waals surface area contributed by atoms with Crippen molar-refractivity contribution in [3.63, 3.8) is 0 Å². The third-order valence-electron chi connectivity index (χ3n) is 2.53. The summed E-state index contributed by atoms with van der Waals surface area (Å²) in [5.74, 6) is 0.0511. The Kier molecular flexibility index (Phi) is 5.13. The van der Waals surface area contributed by atoms with Crippen molar-refractivity contribution in [1.29, 1.82) is 5.26 Å². The van der Waals surface area contributed by atoms with E-state index >= 15 is 0 Å². The zero-order valence-electron chi connectivity index (χ0n) is 9.24. The van der Waals surface area contributed by atoms with Crippen LogP contribution >= 0.6 is 0 Å². The van der Waals surface area contributed by atoms with Crippen molar-refractivity contribution >= 4 is 5.91 Å². The maximum atomic E-state index is 11.7. The Morgan fingerprint density at radius 3 is 3.07 bits per heavy atom. The van der Waals surface area contributed by atoms with Crippen LogP contribution in [0.2, 0.25) is 0 Å². The summed E-state index contributed by atoms with van der Waals surface area (Å²) in [6, 6.07) is 1.96. The lowest BCUT2D eigenvalue weighted by Crippen LogP contribution is -2.35. The molecule has 0 N–H and O–H groups in total. The minimum absolute atomic E-state index is 0.0511. The average Bonchev–Trinajstić information content (AvgIpc) is 2.72. The Morgan fingerprint density at radius 2 is 2.40 bits per heavy atom. The first-order chi connectivity index (χ1) is 7.29. The van der Waals surface area contributed by atoms with E-state index in [1.54, 1.807) is 4.90 Å². The summed E-state index contributed by atoms with van der Waals surface area (Å²) in [7, 11) is 0. The summed E-state index contributed by atoms with van der Waals surface area (Å²) in [5.41, 5.74) is 0. The molecule has 1 heterocycles. The number of rotatable bonds is 5. The van der Waals surface area contributed by atoms with Crippen LogP contribution in [-0.2, 0) is 9.53 Å². The maximum absolute atomic E-state index is 11.7. The number of carbonyl (C=O) groups excluding carboxylic acids is 1. The molecule has 0 spiro atoms. The zero-order valence-corrected chi connectivity index (χ0v) is 9.24. The summed E-state index contributed by atoms with van der Waals surface area (Å²) >= 11 is 0. The summed E-state index contributed by atoms with van der Waals surface area (Å²) in [4.78, 5) is 13.3. The number of nitriles is 1. The first kappa shape index (κ1) is 12.0. The smallest absolute Gasteiger partial charge is 0.225 e. The Hall–Kier alpha value is -1.08. The van der Waals surface area contributed by atoms with Crippen LogP contribution in [0, 0.1) is 11.3 Å². The van der Waals surface area contributed by atoms with Crippen LogP contribution in [0.1, 0.15) is 32.6 Å². The molecule has 1 amide bonds. The number of ether oxygens (including phenoxy) is 1. The highest BCUT2D eigenvalue weighted by atomic mass is 16.5. The molecular formula is C11H18N2O2. The molecule has 0 aromatic heterocycles. The molecule has 0 saturated carbocycles. The Morgan fingerprint density at radius 1 is 1.60 bits per heavy atom. The van der Waals surface area contributed by atoms with Crippen LogP contribution in [-0.4, -0.2) is 36.6 Å². The molecule has 1 fully saturated rings. The van der Waals surface area contributed by atoms with Crippen molar-refractivity contribution in [1.82, 2.24) is 4.90 Å². The molecule has 0 aromatic rings. The van der Waals surface area contributed by atoms with Gasteiger partial charge in [0.2, 0.25) is 5.91 Å². The summed E-state index contributed by atoms with van der Waals surface area (Å²) < 4.78 is 5.25. The van der Waals surface area contributed by atoms with Gasteiger partial charge in [0.1, 0.15) is 6.04 Å².